The van der Waals surface area contributed by atoms with Gasteiger partial charge in [0.25, 0.3) is 0 Å². The number of hydrogen-bond donors (Lipinski definition) is 0. The van der Waals surface area contributed by atoms with Crippen molar-refractivity contribution in [3.63, 3.8) is 0 Å². The molecule has 0 heterocycles. The number of anilines is 1. The van der Waals surface area contributed by atoms with Crippen molar-refractivity contribution in [2.24, 2.45) is 11.8 Å². The molecule has 2 saturated carbocycles. The van der Waals surface area contributed by atoms with Crippen LogP contribution in [0.3, 0.4) is 0 Å². The normalized spacial score (nSPS) is 18.8. The van der Waals surface area contributed by atoms with Crippen molar-refractivity contribution < 1.29 is 0 Å². The summed E-state index contributed by atoms with van der Waals surface area (Å²) in [6, 6.07) is 10.2. The number of hydrogen-bond acceptors (Lipinski definition) is 2. The highest BCUT2D eigenvalue weighted by Gasteiger charge is 2.29. The molecule has 2 heteroatoms. The fraction of sp³-hybridized carbons (Fsp3) is 0.533. The SMILES string of the molecule is N#Cc1ccc(N(CC2CC2)CC2CC2)cc1. The van der Waals surface area contributed by atoms with Gasteiger partial charge in [0.1, 0.15) is 0 Å². The molecule has 0 saturated heterocycles. The lowest BCUT2D eigenvalue weighted by molar-refractivity contribution is 0.679. The van der Waals surface area contributed by atoms with Crippen LogP contribution in [-0.4, -0.2) is 13.1 Å². The molecule has 2 aliphatic rings. The molecule has 0 atom stereocenters. The summed E-state index contributed by atoms with van der Waals surface area (Å²) in [5.41, 5.74) is 2.05. The van der Waals surface area contributed by atoms with E-state index >= 15 is 0 Å². The molecule has 1 aromatic rings. The zero-order valence-corrected chi connectivity index (χ0v) is 10.1. The Morgan fingerprint density at radius 2 is 1.53 bits per heavy atom. The minimum atomic E-state index is 0.756. The van der Waals surface area contributed by atoms with Crippen LogP contribution in [0.25, 0.3) is 0 Å². The number of nitriles is 1. The Morgan fingerprint density at radius 3 is 1.94 bits per heavy atom. The molecule has 2 nitrogen and oxygen atoms in total. The first-order valence-corrected chi connectivity index (χ1v) is 6.60. The van der Waals surface area contributed by atoms with Crippen LogP contribution in [0, 0.1) is 23.2 Å². The monoisotopic (exact) mass is 226 g/mol. The highest BCUT2D eigenvalue weighted by Crippen LogP contribution is 2.35. The van der Waals surface area contributed by atoms with Crippen molar-refractivity contribution in [1.82, 2.24) is 0 Å². The van der Waals surface area contributed by atoms with Crippen LogP contribution >= 0.6 is 0 Å². The summed E-state index contributed by atoms with van der Waals surface area (Å²) in [6.07, 6.45) is 5.60. The van der Waals surface area contributed by atoms with Crippen molar-refractivity contribution >= 4 is 5.69 Å². The maximum atomic E-state index is 8.81. The summed E-state index contributed by atoms with van der Waals surface area (Å²) in [5.74, 6) is 1.84. The lowest BCUT2D eigenvalue weighted by Gasteiger charge is -2.24. The second-order valence-corrected chi connectivity index (χ2v) is 5.45. The van der Waals surface area contributed by atoms with Gasteiger partial charge in [0.05, 0.1) is 11.6 Å². The Hall–Kier alpha value is -1.49. The van der Waals surface area contributed by atoms with Crippen molar-refractivity contribution in [2.75, 3.05) is 18.0 Å². The Kier molecular flexibility index (Phi) is 2.76. The van der Waals surface area contributed by atoms with Crippen LogP contribution in [-0.2, 0) is 0 Å². The highest BCUT2D eigenvalue weighted by atomic mass is 15.1. The Balaban J connectivity index is 1.72. The summed E-state index contributed by atoms with van der Waals surface area (Å²) in [7, 11) is 0. The molecule has 0 bridgehead atoms. The fourth-order valence-corrected chi connectivity index (χ4v) is 2.26. The fourth-order valence-electron chi connectivity index (χ4n) is 2.26. The van der Waals surface area contributed by atoms with Gasteiger partial charge in [0.2, 0.25) is 0 Å². The van der Waals surface area contributed by atoms with E-state index in [1.807, 2.05) is 12.1 Å². The third kappa shape index (κ3) is 2.79. The summed E-state index contributed by atoms with van der Waals surface area (Å²) in [6.45, 7) is 2.42. The molecule has 3 rings (SSSR count). The second kappa shape index (κ2) is 4.41. The van der Waals surface area contributed by atoms with E-state index in [0.717, 1.165) is 17.4 Å². The van der Waals surface area contributed by atoms with E-state index in [1.54, 1.807) is 0 Å². The van der Waals surface area contributed by atoms with Crippen LogP contribution in [0.4, 0.5) is 5.69 Å². The summed E-state index contributed by atoms with van der Waals surface area (Å²) >= 11 is 0. The van der Waals surface area contributed by atoms with E-state index in [-0.39, 0.29) is 0 Å². The minimum absolute atomic E-state index is 0.756. The predicted octanol–water partition coefficient (Wildman–Crippen LogP) is 3.18. The third-order valence-corrected chi connectivity index (χ3v) is 3.71. The largest absolute Gasteiger partial charge is 0.371 e. The molecule has 2 aliphatic carbocycles. The first kappa shape index (κ1) is 10.7. The Morgan fingerprint density at radius 1 is 1.00 bits per heavy atom. The molecule has 0 aliphatic heterocycles. The molecular formula is C15H18N2. The van der Waals surface area contributed by atoms with Gasteiger partial charge in [-0.25, -0.2) is 0 Å². The molecule has 17 heavy (non-hydrogen) atoms. The lowest BCUT2D eigenvalue weighted by atomic mass is 10.2. The number of nitrogens with zero attached hydrogens (tertiary/aromatic N) is 2. The van der Waals surface area contributed by atoms with Gasteiger partial charge >= 0.3 is 0 Å². The van der Waals surface area contributed by atoms with Crippen LogP contribution in [0.2, 0.25) is 0 Å². The van der Waals surface area contributed by atoms with Gasteiger partial charge in [0.15, 0.2) is 0 Å². The number of rotatable bonds is 5. The van der Waals surface area contributed by atoms with Crippen LogP contribution in [0.5, 0.6) is 0 Å². The Labute approximate surface area is 103 Å². The van der Waals surface area contributed by atoms with Crippen molar-refractivity contribution in [2.45, 2.75) is 25.7 Å². The average molecular weight is 226 g/mol. The van der Waals surface area contributed by atoms with Gasteiger partial charge in [-0.05, 0) is 61.8 Å². The first-order valence-electron chi connectivity index (χ1n) is 6.60. The maximum absolute atomic E-state index is 8.81. The topological polar surface area (TPSA) is 27.0 Å². The van der Waals surface area contributed by atoms with Crippen molar-refractivity contribution in [3.8, 4) is 6.07 Å². The molecule has 0 aromatic heterocycles. The second-order valence-electron chi connectivity index (χ2n) is 5.45. The smallest absolute Gasteiger partial charge is 0.0991 e. The molecule has 1 aromatic carbocycles. The van der Waals surface area contributed by atoms with Crippen molar-refractivity contribution in [1.29, 1.82) is 5.26 Å². The summed E-state index contributed by atoms with van der Waals surface area (Å²) in [5, 5.41) is 8.81. The van der Waals surface area contributed by atoms with E-state index in [4.69, 9.17) is 5.26 Å². The van der Waals surface area contributed by atoms with Crippen LogP contribution < -0.4 is 4.90 Å². The van der Waals surface area contributed by atoms with Gasteiger partial charge in [0, 0.05) is 18.8 Å². The van der Waals surface area contributed by atoms with Gasteiger partial charge in [-0.15, -0.1) is 0 Å². The van der Waals surface area contributed by atoms with E-state index in [0.29, 0.717) is 0 Å². The Bertz CT molecular complexity index is 407. The van der Waals surface area contributed by atoms with Gasteiger partial charge in [-0.2, -0.15) is 5.26 Å². The molecule has 0 spiro atoms. The lowest BCUT2D eigenvalue weighted by Crippen LogP contribution is -2.27. The van der Waals surface area contributed by atoms with Crippen LogP contribution in [0.1, 0.15) is 31.2 Å². The highest BCUT2D eigenvalue weighted by molar-refractivity contribution is 5.50. The van der Waals surface area contributed by atoms with E-state index in [2.05, 4.69) is 23.1 Å². The van der Waals surface area contributed by atoms with Gasteiger partial charge in [-0.3, -0.25) is 0 Å². The molecule has 0 amide bonds. The molecular weight excluding hydrogens is 208 g/mol. The minimum Gasteiger partial charge on any atom is -0.371 e. The molecule has 2 fully saturated rings. The quantitative estimate of drug-likeness (QED) is 0.771. The standard InChI is InChI=1S/C15H18N2/c16-9-12-5-7-15(8-6-12)17(10-13-1-2-13)11-14-3-4-14/h5-8,13-14H,1-4,10-11H2. The van der Waals surface area contributed by atoms with E-state index < -0.39 is 0 Å². The average Bonchev–Trinajstić information content (AvgIpc) is 3.23. The van der Waals surface area contributed by atoms with E-state index in [9.17, 15) is 0 Å². The summed E-state index contributed by atoms with van der Waals surface area (Å²) in [4.78, 5) is 2.52. The van der Waals surface area contributed by atoms with Crippen molar-refractivity contribution in [3.05, 3.63) is 29.8 Å². The molecule has 88 valence electrons. The molecule has 0 N–H and O–H groups in total. The molecule has 0 radical (unpaired) electrons. The number of benzene rings is 1. The first-order chi connectivity index (χ1) is 8.35. The zero-order valence-electron chi connectivity index (χ0n) is 10.1. The molecule has 0 unspecified atom stereocenters. The zero-order chi connectivity index (χ0) is 11.7. The third-order valence-electron chi connectivity index (χ3n) is 3.71. The van der Waals surface area contributed by atoms with Crippen LogP contribution in [0.15, 0.2) is 24.3 Å². The van der Waals surface area contributed by atoms with Gasteiger partial charge < -0.3 is 4.90 Å². The van der Waals surface area contributed by atoms with E-state index in [1.165, 1.54) is 44.5 Å². The predicted molar refractivity (Wildman–Crippen MR) is 68.8 cm³/mol. The summed E-state index contributed by atoms with van der Waals surface area (Å²) < 4.78 is 0. The van der Waals surface area contributed by atoms with Gasteiger partial charge in [-0.1, -0.05) is 0 Å². The maximum Gasteiger partial charge on any atom is 0.0991 e.